The Labute approximate surface area is 121 Å². The maximum atomic E-state index is 13.6. The molecule has 21 heavy (non-hydrogen) atoms. The molecular formula is C11H7ClF3N3O3. The minimum atomic E-state index is -3.25. The molecule has 0 fully saturated rings. The van der Waals surface area contributed by atoms with E-state index in [1.54, 1.807) is 0 Å². The normalized spacial score (nSPS) is 11.2. The number of carboxylic acids is 1. The van der Waals surface area contributed by atoms with Crippen LogP contribution in [0.5, 0.6) is 5.75 Å². The van der Waals surface area contributed by atoms with Gasteiger partial charge in [0.2, 0.25) is 0 Å². The summed E-state index contributed by atoms with van der Waals surface area (Å²) in [7, 11) is 0. The lowest BCUT2D eigenvalue weighted by Crippen LogP contribution is -2.05. The molecule has 1 rings (SSSR count). The van der Waals surface area contributed by atoms with Crippen LogP contribution in [0.1, 0.15) is 5.56 Å². The van der Waals surface area contributed by atoms with Crippen molar-refractivity contribution in [2.45, 2.75) is 6.61 Å². The van der Waals surface area contributed by atoms with Crippen LogP contribution in [0.15, 0.2) is 22.8 Å². The average Bonchev–Trinajstić information content (AvgIpc) is 2.38. The average molecular weight is 322 g/mol. The zero-order valence-electron chi connectivity index (χ0n) is 10.1. The molecule has 0 aliphatic rings. The zero-order valence-corrected chi connectivity index (χ0v) is 10.9. The van der Waals surface area contributed by atoms with Crippen molar-refractivity contribution in [3.8, 4) is 5.75 Å². The summed E-state index contributed by atoms with van der Waals surface area (Å²) in [5, 5.41) is 11.5. The number of nitrogens with zero attached hydrogens (tertiary/aromatic N) is 3. The fourth-order valence-electron chi connectivity index (χ4n) is 1.35. The Morgan fingerprint density at radius 1 is 1.57 bits per heavy atom. The molecule has 0 aromatic heterocycles. The van der Waals surface area contributed by atoms with Crippen LogP contribution >= 0.6 is 11.6 Å². The topological polar surface area (TPSA) is 95.3 Å². The number of aliphatic carboxylic acids is 1. The van der Waals surface area contributed by atoms with Gasteiger partial charge in [0, 0.05) is 10.5 Å². The molecule has 0 saturated carbocycles. The van der Waals surface area contributed by atoms with Crippen molar-refractivity contribution in [3.05, 3.63) is 44.6 Å². The van der Waals surface area contributed by atoms with Crippen molar-refractivity contribution in [1.82, 2.24) is 0 Å². The number of carboxylic acid groups (broad SMARTS) is 1. The van der Waals surface area contributed by atoms with Crippen molar-refractivity contribution in [1.29, 1.82) is 0 Å². The molecule has 0 aliphatic heterocycles. The van der Waals surface area contributed by atoms with E-state index in [4.69, 9.17) is 22.2 Å². The highest BCUT2D eigenvalue weighted by Gasteiger charge is 2.16. The van der Waals surface area contributed by atoms with Crippen LogP contribution in [-0.2, 0) is 4.79 Å². The van der Waals surface area contributed by atoms with Gasteiger partial charge >= 0.3 is 12.6 Å². The van der Waals surface area contributed by atoms with Gasteiger partial charge in [0.15, 0.2) is 11.6 Å². The first kappa shape index (κ1) is 16.7. The van der Waals surface area contributed by atoms with E-state index in [-0.39, 0.29) is 11.1 Å². The molecule has 6 nitrogen and oxygen atoms in total. The largest absolute Gasteiger partial charge is 0.478 e. The van der Waals surface area contributed by atoms with Crippen LogP contribution in [-0.4, -0.2) is 24.2 Å². The number of ether oxygens (including phenoxy) is 1. The van der Waals surface area contributed by atoms with Gasteiger partial charge in [-0.05, 0) is 29.3 Å². The summed E-state index contributed by atoms with van der Waals surface area (Å²) in [6.07, 6.45) is 0.998. The van der Waals surface area contributed by atoms with Crippen LogP contribution in [0.3, 0.4) is 0 Å². The predicted octanol–water partition coefficient (Wildman–Crippen LogP) is 3.86. The van der Waals surface area contributed by atoms with Crippen LogP contribution in [0.4, 0.5) is 13.2 Å². The van der Waals surface area contributed by atoms with E-state index >= 15 is 0 Å². The Morgan fingerprint density at radius 2 is 2.24 bits per heavy atom. The highest BCUT2D eigenvalue weighted by Crippen LogP contribution is 2.31. The van der Waals surface area contributed by atoms with E-state index in [9.17, 15) is 18.0 Å². The van der Waals surface area contributed by atoms with E-state index in [2.05, 4.69) is 14.8 Å². The third-order valence-corrected chi connectivity index (χ3v) is 2.43. The number of rotatable bonds is 6. The quantitative estimate of drug-likeness (QED) is 0.373. The van der Waals surface area contributed by atoms with Gasteiger partial charge in [-0.2, -0.15) is 8.78 Å². The van der Waals surface area contributed by atoms with E-state index in [1.165, 1.54) is 0 Å². The Morgan fingerprint density at radius 3 is 2.71 bits per heavy atom. The maximum absolute atomic E-state index is 13.6. The van der Waals surface area contributed by atoms with E-state index in [0.29, 0.717) is 0 Å². The number of hydrogen-bond acceptors (Lipinski definition) is 3. The molecule has 0 amide bonds. The summed E-state index contributed by atoms with van der Waals surface area (Å²) in [4.78, 5) is 13.3. The first-order valence-corrected chi connectivity index (χ1v) is 5.61. The fourth-order valence-corrected chi connectivity index (χ4v) is 1.61. The molecule has 0 atom stereocenters. The first-order chi connectivity index (χ1) is 9.85. The summed E-state index contributed by atoms with van der Waals surface area (Å²) < 4.78 is 41.6. The van der Waals surface area contributed by atoms with E-state index in [0.717, 1.165) is 18.2 Å². The minimum Gasteiger partial charge on any atom is -0.478 e. The molecule has 0 aliphatic carbocycles. The van der Waals surface area contributed by atoms with Crippen molar-refractivity contribution in [2.24, 2.45) is 5.11 Å². The molecule has 0 spiro atoms. The predicted molar refractivity (Wildman–Crippen MR) is 67.7 cm³/mol. The lowest BCUT2D eigenvalue weighted by Gasteiger charge is -2.09. The Hall–Kier alpha value is -2.38. The highest BCUT2D eigenvalue weighted by atomic mass is 35.5. The molecule has 112 valence electrons. The Bertz CT molecular complexity index is 607. The standard InChI is InChI=1S/C11H7ClF3N3O3/c12-7-2-5(1-6(10(19)20)4-17-18-16)3-8(13)9(7)21-11(14)15/h1-3,11H,4H2,(H,19,20)/b6-1+. The van der Waals surface area contributed by atoms with Gasteiger partial charge in [0.25, 0.3) is 0 Å². The number of azide groups is 1. The zero-order chi connectivity index (χ0) is 16.0. The van der Waals surface area contributed by atoms with Crippen molar-refractivity contribution in [2.75, 3.05) is 6.54 Å². The van der Waals surface area contributed by atoms with E-state index in [1.807, 2.05) is 0 Å². The summed E-state index contributed by atoms with van der Waals surface area (Å²) in [6.45, 7) is -3.72. The lowest BCUT2D eigenvalue weighted by molar-refractivity contribution is -0.132. The monoisotopic (exact) mass is 321 g/mol. The van der Waals surface area contributed by atoms with Crippen LogP contribution in [0.25, 0.3) is 16.5 Å². The van der Waals surface area contributed by atoms with Crippen LogP contribution in [0.2, 0.25) is 5.02 Å². The Kier molecular flexibility index (Phi) is 5.89. The second kappa shape index (κ2) is 7.41. The van der Waals surface area contributed by atoms with Crippen molar-refractivity contribution < 1.29 is 27.8 Å². The molecular weight excluding hydrogens is 315 g/mol. The third-order valence-electron chi connectivity index (χ3n) is 2.15. The second-order valence-corrected chi connectivity index (χ2v) is 3.96. The third kappa shape index (κ3) is 4.90. The van der Waals surface area contributed by atoms with Gasteiger partial charge in [-0.25, -0.2) is 9.18 Å². The summed E-state index contributed by atoms with van der Waals surface area (Å²) in [5.74, 6) is -3.40. The Balaban J connectivity index is 3.19. The summed E-state index contributed by atoms with van der Waals surface area (Å²) >= 11 is 5.59. The molecule has 10 heteroatoms. The highest BCUT2D eigenvalue weighted by molar-refractivity contribution is 6.32. The van der Waals surface area contributed by atoms with Gasteiger partial charge in [0.05, 0.1) is 11.6 Å². The number of hydrogen-bond donors (Lipinski definition) is 1. The van der Waals surface area contributed by atoms with Gasteiger partial charge < -0.3 is 9.84 Å². The number of carbonyl (C=O) groups is 1. The molecule has 0 unspecified atom stereocenters. The smallest absolute Gasteiger partial charge is 0.387 e. The van der Waals surface area contributed by atoms with E-state index < -0.39 is 35.7 Å². The molecule has 1 aromatic rings. The minimum absolute atomic E-state index is 0.00958. The van der Waals surface area contributed by atoms with Gasteiger partial charge in [-0.1, -0.05) is 16.7 Å². The van der Waals surface area contributed by atoms with Crippen molar-refractivity contribution in [3.63, 3.8) is 0 Å². The molecule has 0 saturated heterocycles. The number of alkyl halides is 2. The maximum Gasteiger partial charge on any atom is 0.387 e. The fraction of sp³-hybridized carbons (Fsp3) is 0.182. The number of halogens is 4. The van der Waals surface area contributed by atoms with Gasteiger partial charge in [-0.15, -0.1) is 0 Å². The molecule has 0 radical (unpaired) electrons. The van der Waals surface area contributed by atoms with Crippen LogP contribution in [0, 0.1) is 5.82 Å². The lowest BCUT2D eigenvalue weighted by atomic mass is 10.1. The SMILES string of the molecule is [N-]=[N+]=NC/C(=C\c1cc(F)c(OC(F)F)c(Cl)c1)C(=O)O. The molecule has 1 aromatic carbocycles. The summed E-state index contributed by atoms with van der Waals surface area (Å²) in [6, 6.07) is 1.81. The van der Waals surface area contributed by atoms with Gasteiger partial charge in [0.1, 0.15) is 0 Å². The number of benzene rings is 1. The molecule has 1 N–H and O–H groups in total. The summed E-state index contributed by atoms with van der Waals surface area (Å²) in [5.41, 5.74) is 7.80. The van der Waals surface area contributed by atoms with Gasteiger partial charge in [-0.3, -0.25) is 0 Å². The first-order valence-electron chi connectivity index (χ1n) is 5.23. The van der Waals surface area contributed by atoms with Crippen molar-refractivity contribution >= 4 is 23.6 Å². The molecule has 0 bridgehead atoms. The molecule has 0 heterocycles. The van der Waals surface area contributed by atoms with Crippen LogP contribution < -0.4 is 4.74 Å². The second-order valence-electron chi connectivity index (χ2n) is 3.56.